The zero-order valence-electron chi connectivity index (χ0n) is 12.7. The minimum atomic E-state index is -0.0643. The molecule has 1 fully saturated rings. The lowest BCUT2D eigenvalue weighted by Crippen LogP contribution is -2.37. The Hall–Kier alpha value is -1.71. The molecule has 0 atom stereocenters. The Labute approximate surface area is 121 Å². The summed E-state index contributed by atoms with van der Waals surface area (Å²) in [6.07, 6.45) is 2.34. The first kappa shape index (κ1) is 14.7. The molecule has 0 bridgehead atoms. The standard InChI is InChI=1S/C16H25N3O/c1-4-18-15(20)12-5-6-14(13(17)11-12)19-9-7-16(2,3)8-10-19/h5-6,11H,4,7-10,17H2,1-3H3,(H,18,20). The molecule has 0 aliphatic carbocycles. The molecule has 0 unspecified atom stereocenters. The van der Waals surface area contributed by atoms with Crippen molar-refractivity contribution in [3.8, 4) is 0 Å². The van der Waals surface area contributed by atoms with Crippen LogP contribution in [0.5, 0.6) is 0 Å². The lowest BCUT2D eigenvalue weighted by Gasteiger charge is -2.38. The number of benzene rings is 1. The molecule has 2 rings (SSSR count). The summed E-state index contributed by atoms with van der Waals surface area (Å²) >= 11 is 0. The third kappa shape index (κ3) is 3.24. The van der Waals surface area contributed by atoms with Crippen molar-refractivity contribution in [3.63, 3.8) is 0 Å². The second-order valence-corrected chi connectivity index (χ2v) is 6.28. The molecule has 4 nitrogen and oxygen atoms in total. The number of anilines is 2. The van der Waals surface area contributed by atoms with Gasteiger partial charge >= 0.3 is 0 Å². The quantitative estimate of drug-likeness (QED) is 0.834. The van der Waals surface area contributed by atoms with Gasteiger partial charge < -0.3 is 16.0 Å². The van der Waals surface area contributed by atoms with Gasteiger partial charge in [0.2, 0.25) is 0 Å². The first-order chi connectivity index (χ1) is 9.43. The van der Waals surface area contributed by atoms with E-state index in [1.54, 1.807) is 6.07 Å². The van der Waals surface area contributed by atoms with Crippen molar-refractivity contribution in [2.75, 3.05) is 30.3 Å². The SMILES string of the molecule is CCNC(=O)c1ccc(N2CCC(C)(C)CC2)c(N)c1. The van der Waals surface area contributed by atoms with Crippen molar-refractivity contribution in [2.24, 2.45) is 5.41 Å². The molecule has 20 heavy (non-hydrogen) atoms. The molecule has 110 valence electrons. The summed E-state index contributed by atoms with van der Waals surface area (Å²) in [5.41, 5.74) is 8.92. The highest BCUT2D eigenvalue weighted by Gasteiger charge is 2.26. The summed E-state index contributed by atoms with van der Waals surface area (Å²) in [7, 11) is 0. The molecule has 0 spiro atoms. The number of nitrogens with zero attached hydrogens (tertiary/aromatic N) is 1. The van der Waals surface area contributed by atoms with Crippen molar-refractivity contribution in [1.82, 2.24) is 5.32 Å². The van der Waals surface area contributed by atoms with Crippen molar-refractivity contribution in [3.05, 3.63) is 23.8 Å². The van der Waals surface area contributed by atoms with Crippen LogP contribution in [0.15, 0.2) is 18.2 Å². The lowest BCUT2D eigenvalue weighted by atomic mass is 9.82. The van der Waals surface area contributed by atoms with Gasteiger partial charge in [-0.2, -0.15) is 0 Å². The first-order valence-corrected chi connectivity index (χ1v) is 7.35. The largest absolute Gasteiger partial charge is 0.397 e. The monoisotopic (exact) mass is 275 g/mol. The predicted molar refractivity (Wildman–Crippen MR) is 84.1 cm³/mol. The summed E-state index contributed by atoms with van der Waals surface area (Å²) < 4.78 is 0. The third-order valence-corrected chi connectivity index (χ3v) is 4.08. The van der Waals surface area contributed by atoms with Gasteiger partial charge in [-0.05, 0) is 43.4 Å². The molecule has 1 aliphatic heterocycles. The van der Waals surface area contributed by atoms with Gasteiger partial charge in [-0.1, -0.05) is 13.8 Å². The molecule has 1 heterocycles. The first-order valence-electron chi connectivity index (χ1n) is 7.35. The maximum Gasteiger partial charge on any atom is 0.251 e. The fraction of sp³-hybridized carbons (Fsp3) is 0.562. The van der Waals surface area contributed by atoms with Crippen molar-refractivity contribution in [2.45, 2.75) is 33.6 Å². The van der Waals surface area contributed by atoms with Crippen molar-refractivity contribution < 1.29 is 4.79 Å². The Kier molecular flexibility index (Phi) is 4.21. The minimum absolute atomic E-state index is 0.0643. The molecular formula is C16H25N3O. The van der Waals surface area contributed by atoms with Gasteiger partial charge in [0.25, 0.3) is 5.91 Å². The average Bonchev–Trinajstić information content (AvgIpc) is 2.39. The van der Waals surface area contributed by atoms with Crippen LogP contribution in [0.1, 0.15) is 44.0 Å². The number of nitrogens with one attached hydrogen (secondary N) is 1. The van der Waals surface area contributed by atoms with Crippen LogP contribution in [0, 0.1) is 5.41 Å². The Bertz CT molecular complexity index is 486. The molecule has 1 aromatic carbocycles. The summed E-state index contributed by atoms with van der Waals surface area (Å²) in [5, 5.41) is 2.79. The molecule has 0 radical (unpaired) electrons. The van der Waals surface area contributed by atoms with Crippen LogP contribution in [0.4, 0.5) is 11.4 Å². The number of nitrogen functional groups attached to an aromatic ring is 1. The second kappa shape index (κ2) is 5.73. The predicted octanol–water partition coefficient (Wildman–Crippen LogP) is 2.64. The van der Waals surface area contributed by atoms with E-state index in [1.165, 1.54) is 12.8 Å². The van der Waals surface area contributed by atoms with Gasteiger partial charge in [-0.25, -0.2) is 0 Å². The van der Waals surface area contributed by atoms with Gasteiger partial charge in [-0.15, -0.1) is 0 Å². The molecular weight excluding hydrogens is 250 g/mol. The zero-order valence-corrected chi connectivity index (χ0v) is 12.7. The van der Waals surface area contributed by atoms with E-state index in [0.29, 0.717) is 23.2 Å². The van der Waals surface area contributed by atoms with E-state index in [4.69, 9.17) is 5.73 Å². The van der Waals surface area contributed by atoms with Crippen LogP contribution in [-0.2, 0) is 0 Å². The van der Waals surface area contributed by atoms with Crippen LogP contribution in [-0.4, -0.2) is 25.5 Å². The lowest BCUT2D eigenvalue weighted by molar-refractivity contribution is 0.0956. The van der Waals surface area contributed by atoms with E-state index < -0.39 is 0 Å². The van der Waals surface area contributed by atoms with E-state index in [1.807, 2.05) is 19.1 Å². The zero-order chi connectivity index (χ0) is 14.8. The summed E-state index contributed by atoms with van der Waals surface area (Å²) in [4.78, 5) is 14.1. The smallest absolute Gasteiger partial charge is 0.251 e. The Morgan fingerprint density at radius 2 is 2.00 bits per heavy atom. The topological polar surface area (TPSA) is 58.4 Å². The van der Waals surface area contributed by atoms with Gasteiger partial charge in [0.05, 0.1) is 11.4 Å². The highest BCUT2D eigenvalue weighted by atomic mass is 16.1. The Morgan fingerprint density at radius 1 is 1.35 bits per heavy atom. The molecule has 4 heteroatoms. The number of carbonyl (C=O) groups excluding carboxylic acids is 1. The van der Waals surface area contributed by atoms with Crippen molar-refractivity contribution >= 4 is 17.3 Å². The molecule has 1 saturated heterocycles. The van der Waals surface area contributed by atoms with Crippen LogP contribution in [0.25, 0.3) is 0 Å². The fourth-order valence-corrected chi connectivity index (χ4v) is 2.60. The Balaban J connectivity index is 2.12. The maximum atomic E-state index is 11.8. The van der Waals surface area contributed by atoms with Gasteiger partial charge in [0.15, 0.2) is 0 Å². The third-order valence-electron chi connectivity index (χ3n) is 4.08. The summed E-state index contributed by atoms with van der Waals surface area (Å²) in [6, 6.07) is 5.61. The minimum Gasteiger partial charge on any atom is -0.397 e. The van der Waals surface area contributed by atoms with Crippen LogP contribution in [0.2, 0.25) is 0 Å². The Morgan fingerprint density at radius 3 is 2.55 bits per heavy atom. The van der Waals surface area contributed by atoms with E-state index in [9.17, 15) is 4.79 Å². The molecule has 1 amide bonds. The molecule has 0 aromatic heterocycles. The molecule has 1 aromatic rings. The molecule has 3 N–H and O–H groups in total. The average molecular weight is 275 g/mol. The van der Waals surface area contributed by atoms with E-state index in [2.05, 4.69) is 24.1 Å². The fourth-order valence-electron chi connectivity index (χ4n) is 2.60. The summed E-state index contributed by atoms with van der Waals surface area (Å²) in [6.45, 7) is 9.21. The molecule has 1 aliphatic rings. The number of nitrogens with two attached hydrogens (primary N) is 1. The van der Waals surface area contributed by atoms with E-state index in [0.717, 1.165) is 18.8 Å². The van der Waals surface area contributed by atoms with Crippen LogP contribution < -0.4 is 16.0 Å². The van der Waals surface area contributed by atoms with E-state index in [-0.39, 0.29) is 5.91 Å². The van der Waals surface area contributed by atoms with Gasteiger partial charge in [-0.3, -0.25) is 4.79 Å². The van der Waals surface area contributed by atoms with Gasteiger partial charge in [0, 0.05) is 25.2 Å². The highest BCUT2D eigenvalue weighted by molar-refractivity contribution is 5.96. The number of carbonyl (C=O) groups is 1. The summed E-state index contributed by atoms with van der Waals surface area (Å²) in [5.74, 6) is -0.0643. The van der Waals surface area contributed by atoms with Gasteiger partial charge in [0.1, 0.15) is 0 Å². The number of amides is 1. The number of rotatable bonds is 3. The number of hydrogen-bond acceptors (Lipinski definition) is 3. The van der Waals surface area contributed by atoms with Crippen LogP contribution in [0.3, 0.4) is 0 Å². The van der Waals surface area contributed by atoms with E-state index >= 15 is 0 Å². The maximum absolute atomic E-state index is 11.8. The second-order valence-electron chi connectivity index (χ2n) is 6.28. The number of piperidine rings is 1. The highest BCUT2D eigenvalue weighted by Crippen LogP contribution is 2.34. The normalized spacial score (nSPS) is 17.9. The van der Waals surface area contributed by atoms with Crippen LogP contribution >= 0.6 is 0 Å². The molecule has 0 saturated carbocycles. The van der Waals surface area contributed by atoms with Crippen molar-refractivity contribution in [1.29, 1.82) is 0 Å². The number of hydrogen-bond donors (Lipinski definition) is 2.